The van der Waals surface area contributed by atoms with Gasteiger partial charge in [-0.3, -0.25) is 5.32 Å². The van der Waals surface area contributed by atoms with Crippen LogP contribution >= 0.6 is 0 Å². The lowest BCUT2D eigenvalue weighted by molar-refractivity contribution is 0.238. The minimum Gasteiger partial charge on any atom is -0.347 e. The Labute approximate surface area is 123 Å². The highest BCUT2D eigenvalue weighted by Crippen LogP contribution is 2.25. The maximum Gasteiger partial charge on any atom is 0.161 e. The van der Waals surface area contributed by atoms with Crippen LogP contribution in [0, 0.1) is 5.41 Å². The summed E-state index contributed by atoms with van der Waals surface area (Å²) in [5.41, 5.74) is 1.56. The molecule has 0 bridgehead atoms. The van der Waals surface area contributed by atoms with Crippen molar-refractivity contribution >= 4 is 5.69 Å². The molecule has 0 fully saturated rings. The van der Waals surface area contributed by atoms with Crippen molar-refractivity contribution in [1.82, 2.24) is 10.2 Å². The lowest BCUT2D eigenvalue weighted by Gasteiger charge is -2.35. The molecule has 0 amide bonds. The van der Waals surface area contributed by atoms with Crippen LogP contribution < -0.4 is 10.2 Å². The minimum absolute atomic E-state index is 0.190. The fourth-order valence-corrected chi connectivity index (χ4v) is 2.79. The molecule has 0 aliphatic carbocycles. The molecule has 1 N–H and O–H groups in total. The largest absolute Gasteiger partial charge is 0.347 e. The van der Waals surface area contributed by atoms with Crippen LogP contribution in [0.15, 0.2) is 42.7 Å². The van der Waals surface area contributed by atoms with Crippen molar-refractivity contribution in [3.63, 3.8) is 0 Å². The molecule has 0 saturated carbocycles. The lowest BCUT2D eigenvalue weighted by atomic mass is 9.89. The fraction of sp³-hybridized carbons (Fsp3) is 0.529. The molecular formula is C17H27N3. The topological polar surface area (TPSA) is 18.5 Å². The summed E-state index contributed by atoms with van der Waals surface area (Å²) in [4.78, 5) is 4.49. The fourth-order valence-electron chi connectivity index (χ4n) is 2.79. The Balaban J connectivity index is 2.05. The van der Waals surface area contributed by atoms with Crippen LogP contribution in [0.2, 0.25) is 0 Å². The zero-order chi connectivity index (χ0) is 14.8. The quantitative estimate of drug-likeness (QED) is 0.904. The Bertz CT molecular complexity index is 447. The van der Waals surface area contributed by atoms with Gasteiger partial charge in [-0.1, -0.05) is 39.0 Å². The van der Waals surface area contributed by atoms with E-state index >= 15 is 0 Å². The molecule has 1 heterocycles. The van der Waals surface area contributed by atoms with E-state index in [1.807, 2.05) is 0 Å². The molecule has 1 unspecified atom stereocenters. The van der Waals surface area contributed by atoms with Crippen molar-refractivity contribution in [1.29, 1.82) is 0 Å². The Morgan fingerprint density at radius 1 is 1.15 bits per heavy atom. The number of nitrogens with one attached hydrogen (secondary N) is 1. The third kappa shape index (κ3) is 3.76. The van der Waals surface area contributed by atoms with Crippen molar-refractivity contribution in [2.24, 2.45) is 5.41 Å². The molecule has 0 saturated heterocycles. The maximum absolute atomic E-state index is 3.72. The van der Waals surface area contributed by atoms with E-state index in [4.69, 9.17) is 0 Å². The van der Waals surface area contributed by atoms with Gasteiger partial charge in [0.15, 0.2) is 6.29 Å². The van der Waals surface area contributed by atoms with Gasteiger partial charge in [0.05, 0.1) is 0 Å². The smallest absolute Gasteiger partial charge is 0.161 e. The average Bonchev–Trinajstić information content (AvgIpc) is 2.70. The molecule has 20 heavy (non-hydrogen) atoms. The van der Waals surface area contributed by atoms with E-state index in [2.05, 4.69) is 92.6 Å². The van der Waals surface area contributed by atoms with Crippen LogP contribution in [-0.2, 0) is 0 Å². The van der Waals surface area contributed by atoms with Crippen LogP contribution in [-0.4, -0.2) is 24.3 Å². The number of para-hydroxylation sites is 1. The molecule has 1 aromatic carbocycles. The Hall–Kier alpha value is -1.48. The van der Waals surface area contributed by atoms with Crippen molar-refractivity contribution in [3.05, 3.63) is 42.7 Å². The van der Waals surface area contributed by atoms with Crippen molar-refractivity contribution in [3.8, 4) is 0 Å². The van der Waals surface area contributed by atoms with Crippen molar-refractivity contribution in [2.75, 3.05) is 11.9 Å². The summed E-state index contributed by atoms with van der Waals surface area (Å²) in [6.45, 7) is 9.13. The number of anilines is 1. The van der Waals surface area contributed by atoms with E-state index in [0.29, 0.717) is 11.5 Å². The second kappa shape index (κ2) is 5.88. The zero-order valence-corrected chi connectivity index (χ0v) is 13.3. The maximum atomic E-state index is 3.72. The van der Waals surface area contributed by atoms with Crippen LogP contribution in [0.4, 0.5) is 5.69 Å². The normalized spacial score (nSPS) is 20.6. The first-order valence-corrected chi connectivity index (χ1v) is 7.36. The third-order valence-electron chi connectivity index (χ3n) is 3.52. The summed E-state index contributed by atoms with van der Waals surface area (Å²) in [5, 5.41) is 3.72. The first-order valence-electron chi connectivity index (χ1n) is 7.36. The first-order chi connectivity index (χ1) is 9.37. The SMILES string of the molecule is C[C@H](CC(C)(C)C)NC1N(C)C=CN1c1ccccc1. The molecule has 3 heteroatoms. The molecule has 0 radical (unpaired) electrons. The lowest BCUT2D eigenvalue weighted by Crippen LogP contribution is -2.52. The Morgan fingerprint density at radius 2 is 1.80 bits per heavy atom. The van der Waals surface area contributed by atoms with E-state index < -0.39 is 0 Å². The number of benzene rings is 1. The van der Waals surface area contributed by atoms with E-state index in [-0.39, 0.29) is 6.29 Å². The minimum atomic E-state index is 0.190. The Morgan fingerprint density at radius 3 is 2.40 bits per heavy atom. The van der Waals surface area contributed by atoms with Gasteiger partial charge in [0.1, 0.15) is 0 Å². The van der Waals surface area contributed by atoms with Crippen LogP contribution in [0.25, 0.3) is 0 Å². The molecule has 1 aliphatic heterocycles. The molecular weight excluding hydrogens is 246 g/mol. The van der Waals surface area contributed by atoms with Gasteiger partial charge in [-0.2, -0.15) is 0 Å². The molecule has 2 atom stereocenters. The van der Waals surface area contributed by atoms with Gasteiger partial charge in [-0.25, -0.2) is 0 Å². The summed E-state index contributed by atoms with van der Waals surface area (Å²) in [7, 11) is 2.11. The van der Waals surface area contributed by atoms with Gasteiger partial charge in [0.25, 0.3) is 0 Å². The van der Waals surface area contributed by atoms with Gasteiger partial charge in [0, 0.05) is 31.2 Å². The number of hydrogen-bond donors (Lipinski definition) is 1. The summed E-state index contributed by atoms with van der Waals surface area (Å²) in [6, 6.07) is 11.0. The molecule has 0 spiro atoms. The van der Waals surface area contributed by atoms with E-state index in [0.717, 1.165) is 6.42 Å². The second-order valence-corrected chi connectivity index (χ2v) is 6.91. The van der Waals surface area contributed by atoms with E-state index in [1.54, 1.807) is 0 Å². The van der Waals surface area contributed by atoms with Crippen LogP contribution in [0.5, 0.6) is 0 Å². The van der Waals surface area contributed by atoms with Crippen molar-refractivity contribution in [2.45, 2.75) is 46.4 Å². The predicted octanol–water partition coefficient (Wildman–Crippen LogP) is 3.61. The van der Waals surface area contributed by atoms with Gasteiger partial charge in [0.2, 0.25) is 0 Å². The molecule has 1 aliphatic rings. The molecule has 2 rings (SSSR count). The van der Waals surface area contributed by atoms with Gasteiger partial charge in [-0.05, 0) is 30.9 Å². The second-order valence-electron chi connectivity index (χ2n) is 6.91. The molecule has 110 valence electrons. The van der Waals surface area contributed by atoms with Crippen molar-refractivity contribution < 1.29 is 0 Å². The van der Waals surface area contributed by atoms with Gasteiger partial charge >= 0.3 is 0 Å². The molecule has 3 nitrogen and oxygen atoms in total. The summed E-state index contributed by atoms with van der Waals surface area (Å²) in [6.07, 6.45) is 5.60. The van der Waals surface area contributed by atoms with Crippen LogP contribution in [0.1, 0.15) is 34.1 Å². The van der Waals surface area contributed by atoms with E-state index in [1.165, 1.54) is 5.69 Å². The highest BCUT2D eigenvalue weighted by molar-refractivity contribution is 5.51. The molecule has 1 aromatic rings. The monoisotopic (exact) mass is 273 g/mol. The number of hydrogen-bond acceptors (Lipinski definition) is 3. The number of nitrogens with zero attached hydrogens (tertiary/aromatic N) is 2. The summed E-state index contributed by atoms with van der Waals surface area (Å²) in [5.74, 6) is 0. The Kier molecular flexibility index (Phi) is 4.39. The van der Waals surface area contributed by atoms with Crippen LogP contribution in [0.3, 0.4) is 0 Å². The standard InChI is InChI=1S/C17H27N3/c1-14(13-17(2,3)4)18-16-19(5)11-12-20(16)15-9-7-6-8-10-15/h6-12,14,16,18H,13H2,1-5H3/t14-,16?/m1/s1. The number of rotatable bonds is 4. The average molecular weight is 273 g/mol. The third-order valence-corrected chi connectivity index (χ3v) is 3.52. The summed E-state index contributed by atoms with van der Waals surface area (Å²) >= 11 is 0. The van der Waals surface area contributed by atoms with E-state index in [9.17, 15) is 0 Å². The zero-order valence-electron chi connectivity index (χ0n) is 13.3. The summed E-state index contributed by atoms with van der Waals surface area (Å²) < 4.78 is 0. The van der Waals surface area contributed by atoms with Gasteiger partial charge in [-0.15, -0.1) is 0 Å². The predicted molar refractivity (Wildman–Crippen MR) is 86.3 cm³/mol. The molecule has 0 aromatic heterocycles. The highest BCUT2D eigenvalue weighted by atomic mass is 15.5. The highest BCUT2D eigenvalue weighted by Gasteiger charge is 2.27. The van der Waals surface area contributed by atoms with Gasteiger partial charge < -0.3 is 9.80 Å². The first kappa shape index (κ1) is 14.9.